The van der Waals surface area contributed by atoms with Crippen molar-refractivity contribution in [3.05, 3.63) is 36.4 Å². The average molecular weight is 294 g/mol. The van der Waals surface area contributed by atoms with Gasteiger partial charge in [-0.1, -0.05) is 25.3 Å². The Labute approximate surface area is 107 Å². The summed E-state index contributed by atoms with van der Waals surface area (Å²) in [5.41, 5.74) is -5.41. The summed E-state index contributed by atoms with van der Waals surface area (Å²) in [6.45, 7) is 6.72. The van der Waals surface area contributed by atoms with Gasteiger partial charge in [-0.15, -0.1) is 0 Å². The zero-order valence-corrected chi connectivity index (χ0v) is 10.3. The molecule has 104 valence electrons. The highest BCUT2D eigenvalue weighted by Gasteiger charge is 2.48. The summed E-state index contributed by atoms with van der Waals surface area (Å²) in [5, 5.41) is 9.31. The molecule has 4 nitrogen and oxygen atoms in total. The molecule has 1 aromatic carbocycles. The number of hydrogen-bond donors (Lipinski definition) is 1. The van der Waals surface area contributed by atoms with Crippen molar-refractivity contribution in [3.8, 4) is 11.5 Å². The minimum atomic E-state index is -5.82. The monoisotopic (exact) mass is 294 g/mol. The Kier molecular flexibility index (Phi) is 3.94. The lowest BCUT2D eigenvalue weighted by atomic mass is 10.1. The SMILES string of the molecule is C=Cc1cc(O)cc(OS(=O)(=O)C(F)(F)F)c1C=C. The predicted octanol–water partition coefficient (Wildman–Crippen LogP) is 2.91. The molecule has 0 heterocycles. The maximum Gasteiger partial charge on any atom is 0.534 e. The topological polar surface area (TPSA) is 63.6 Å². The first kappa shape index (κ1) is 15.1. The van der Waals surface area contributed by atoms with Crippen molar-refractivity contribution in [2.45, 2.75) is 5.51 Å². The minimum Gasteiger partial charge on any atom is -0.508 e. The first-order chi connectivity index (χ1) is 8.62. The average Bonchev–Trinajstić information content (AvgIpc) is 2.26. The largest absolute Gasteiger partial charge is 0.534 e. The quantitative estimate of drug-likeness (QED) is 0.685. The standard InChI is InChI=1S/C11H9F3O4S/c1-3-7-5-8(15)6-10(9(7)4-2)18-19(16,17)11(12,13)14/h3-6,15H,1-2H2. The van der Waals surface area contributed by atoms with Gasteiger partial charge in [-0.05, 0) is 11.6 Å². The predicted molar refractivity (Wildman–Crippen MR) is 63.9 cm³/mol. The summed E-state index contributed by atoms with van der Waals surface area (Å²) in [6.07, 6.45) is 2.31. The lowest BCUT2D eigenvalue weighted by molar-refractivity contribution is -0.0500. The van der Waals surface area contributed by atoms with Crippen LogP contribution in [0, 0.1) is 0 Å². The first-order valence-electron chi connectivity index (χ1n) is 4.75. The maximum absolute atomic E-state index is 12.2. The third kappa shape index (κ3) is 3.08. The molecule has 0 atom stereocenters. The third-order valence-corrected chi connectivity index (χ3v) is 3.03. The van der Waals surface area contributed by atoms with Gasteiger partial charge in [0, 0.05) is 11.6 Å². The number of alkyl halides is 3. The van der Waals surface area contributed by atoms with Crippen LogP contribution >= 0.6 is 0 Å². The molecule has 1 aromatic rings. The first-order valence-corrected chi connectivity index (χ1v) is 6.16. The highest BCUT2D eigenvalue weighted by Crippen LogP contribution is 2.34. The molecule has 0 amide bonds. The number of aromatic hydroxyl groups is 1. The molecule has 0 saturated heterocycles. The van der Waals surface area contributed by atoms with Gasteiger partial charge in [0.05, 0.1) is 0 Å². The molecule has 0 saturated carbocycles. The molecule has 1 N–H and O–H groups in total. The summed E-state index contributed by atoms with van der Waals surface area (Å²) in [5.74, 6) is -1.14. The van der Waals surface area contributed by atoms with Crippen molar-refractivity contribution in [3.63, 3.8) is 0 Å². The number of hydrogen-bond acceptors (Lipinski definition) is 4. The highest BCUT2D eigenvalue weighted by atomic mass is 32.2. The highest BCUT2D eigenvalue weighted by molar-refractivity contribution is 7.88. The summed E-state index contributed by atoms with van der Waals surface area (Å²) in [4.78, 5) is 0. The molecule has 1 rings (SSSR count). The Morgan fingerprint density at radius 2 is 1.79 bits per heavy atom. The maximum atomic E-state index is 12.2. The van der Waals surface area contributed by atoms with E-state index in [1.807, 2.05) is 0 Å². The van der Waals surface area contributed by atoms with Crippen LogP contribution in [0.25, 0.3) is 12.2 Å². The third-order valence-electron chi connectivity index (χ3n) is 2.07. The van der Waals surface area contributed by atoms with Gasteiger partial charge in [-0.25, -0.2) is 0 Å². The Balaban J connectivity index is 3.41. The molecule has 0 fully saturated rings. The second-order valence-corrected chi connectivity index (χ2v) is 4.88. The minimum absolute atomic E-state index is 0.0272. The second kappa shape index (κ2) is 4.96. The molecule has 0 aromatic heterocycles. The lowest BCUT2D eigenvalue weighted by Crippen LogP contribution is -2.28. The van der Waals surface area contributed by atoms with E-state index >= 15 is 0 Å². The van der Waals surface area contributed by atoms with Crippen LogP contribution in [0.3, 0.4) is 0 Å². The molecule has 0 bridgehead atoms. The lowest BCUT2D eigenvalue weighted by Gasteiger charge is -2.13. The molecule has 0 spiro atoms. The van der Waals surface area contributed by atoms with E-state index < -0.39 is 27.1 Å². The summed E-state index contributed by atoms with van der Waals surface area (Å²) in [7, 11) is -5.82. The van der Waals surface area contributed by atoms with Crippen molar-refractivity contribution in [1.29, 1.82) is 0 Å². The van der Waals surface area contributed by atoms with Crippen molar-refractivity contribution in [2.24, 2.45) is 0 Å². The summed E-state index contributed by atoms with van der Waals surface area (Å²) in [6, 6.07) is 1.92. The number of rotatable bonds is 4. The van der Waals surface area contributed by atoms with Gasteiger partial charge < -0.3 is 9.29 Å². The number of halogens is 3. The smallest absolute Gasteiger partial charge is 0.508 e. The molecular weight excluding hydrogens is 285 g/mol. The van der Waals surface area contributed by atoms with Crippen LogP contribution in [0.5, 0.6) is 11.5 Å². The van der Waals surface area contributed by atoms with E-state index in [1.165, 1.54) is 12.1 Å². The zero-order valence-electron chi connectivity index (χ0n) is 9.44. The van der Waals surface area contributed by atoms with Crippen LogP contribution in [0.15, 0.2) is 25.3 Å². The number of phenols is 1. The van der Waals surface area contributed by atoms with E-state index in [-0.39, 0.29) is 11.1 Å². The fourth-order valence-corrected chi connectivity index (χ4v) is 1.72. The van der Waals surface area contributed by atoms with E-state index in [1.54, 1.807) is 0 Å². The van der Waals surface area contributed by atoms with E-state index in [2.05, 4.69) is 17.3 Å². The van der Waals surface area contributed by atoms with Gasteiger partial charge in [-0.2, -0.15) is 21.6 Å². The van der Waals surface area contributed by atoms with Gasteiger partial charge in [0.15, 0.2) is 5.75 Å². The molecule has 0 aliphatic carbocycles. The fraction of sp³-hybridized carbons (Fsp3) is 0.0909. The second-order valence-electron chi connectivity index (χ2n) is 3.34. The molecule has 0 aliphatic heterocycles. The van der Waals surface area contributed by atoms with Crippen molar-refractivity contribution >= 4 is 22.3 Å². The van der Waals surface area contributed by atoms with Crippen LogP contribution in [0.1, 0.15) is 11.1 Å². The van der Waals surface area contributed by atoms with Crippen LogP contribution in [0.4, 0.5) is 13.2 Å². The van der Waals surface area contributed by atoms with E-state index in [0.717, 1.165) is 12.1 Å². The molecular formula is C11H9F3O4S. The van der Waals surface area contributed by atoms with Gasteiger partial charge in [0.1, 0.15) is 5.75 Å². The Bertz CT molecular complexity index is 618. The number of benzene rings is 1. The van der Waals surface area contributed by atoms with Gasteiger partial charge in [-0.3, -0.25) is 0 Å². The normalized spacial score (nSPS) is 11.9. The molecule has 19 heavy (non-hydrogen) atoms. The van der Waals surface area contributed by atoms with Gasteiger partial charge in [0.25, 0.3) is 0 Å². The van der Waals surface area contributed by atoms with Crippen LogP contribution < -0.4 is 4.18 Å². The van der Waals surface area contributed by atoms with E-state index in [0.29, 0.717) is 0 Å². The molecule has 8 heteroatoms. The Hall–Kier alpha value is -1.96. The van der Waals surface area contributed by atoms with Crippen molar-refractivity contribution in [2.75, 3.05) is 0 Å². The van der Waals surface area contributed by atoms with Crippen LogP contribution in [-0.2, 0) is 10.1 Å². The van der Waals surface area contributed by atoms with Gasteiger partial charge >= 0.3 is 15.6 Å². The van der Waals surface area contributed by atoms with E-state index in [4.69, 9.17) is 0 Å². The molecule has 0 unspecified atom stereocenters. The summed E-state index contributed by atoms with van der Waals surface area (Å²) >= 11 is 0. The van der Waals surface area contributed by atoms with Crippen molar-refractivity contribution in [1.82, 2.24) is 0 Å². The van der Waals surface area contributed by atoms with Crippen LogP contribution in [-0.4, -0.2) is 19.0 Å². The zero-order chi connectivity index (χ0) is 14.8. The Morgan fingerprint density at radius 3 is 2.21 bits per heavy atom. The van der Waals surface area contributed by atoms with Crippen LogP contribution in [0.2, 0.25) is 0 Å². The van der Waals surface area contributed by atoms with Gasteiger partial charge in [0.2, 0.25) is 0 Å². The van der Waals surface area contributed by atoms with Crippen molar-refractivity contribution < 1.29 is 30.9 Å². The molecule has 0 radical (unpaired) electrons. The molecule has 0 aliphatic rings. The fourth-order valence-electron chi connectivity index (χ4n) is 1.25. The summed E-state index contributed by atoms with van der Waals surface area (Å²) < 4.78 is 62.5. The Morgan fingerprint density at radius 1 is 1.21 bits per heavy atom. The number of phenolic OH excluding ortho intramolecular Hbond substituents is 1. The van der Waals surface area contributed by atoms with E-state index in [9.17, 15) is 26.7 Å².